The Morgan fingerprint density at radius 1 is 1.24 bits per heavy atom. The maximum absolute atomic E-state index is 12.1. The quantitative estimate of drug-likeness (QED) is 0.228. The molecular weight excluding hydrogens is 218 g/mol. The van der Waals surface area contributed by atoms with Gasteiger partial charge in [-0.15, -0.1) is 0 Å². The van der Waals surface area contributed by atoms with Crippen LogP contribution in [0.4, 0.5) is 0 Å². The Kier molecular flexibility index (Phi) is 3.54. The molecule has 0 bridgehead atoms. The van der Waals surface area contributed by atoms with Crippen LogP contribution in [0.1, 0.15) is 51.4 Å². The topological polar surface area (TPSA) is 87.7 Å². The van der Waals surface area contributed by atoms with Crippen molar-refractivity contribution in [3.8, 4) is 0 Å². The average molecular weight is 239 g/mol. The fourth-order valence-electron chi connectivity index (χ4n) is 2.57. The van der Waals surface area contributed by atoms with Crippen LogP contribution in [0, 0.1) is 5.41 Å². The molecular formula is C12H21N3O2. The number of rotatable bonds is 3. The van der Waals surface area contributed by atoms with E-state index in [1.807, 2.05) is 0 Å². The van der Waals surface area contributed by atoms with Gasteiger partial charge in [-0.3, -0.25) is 4.79 Å². The Balaban J connectivity index is 1.92. The van der Waals surface area contributed by atoms with Crippen LogP contribution in [-0.2, 0) is 4.79 Å². The number of nitrogens with two attached hydrogens (primary N) is 1. The molecule has 5 heteroatoms. The van der Waals surface area contributed by atoms with E-state index in [9.17, 15) is 4.79 Å². The van der Waals surface area contributed by atoms with E-state index in [0.29, 0.717) is 12.8 Å². The zero-order chi connectivity index (χ0) is 12.3. The van der Waals surface area contributed by atoms with Crippen molar-refractivity contribution in [2.45, 2.75) is 57.4 Å². The minimum Gasteiger partial charge on any atom is -0.409 e. The molecule has 96 valence electrons. The number of amidine groups is 1. The van der Waals surface area contributed by atoms with Crippen LogP contribution < -0.4 is 11.1 Å². The van der Waals surface area contributed by atoms with E-state index in [1.54, 1.807) is 0 Å². The van der Waals surface area contributed by atoms with E-state index in [-0.39, 0.29) is 17.8 Å². The van der Waals surface area contributed by atoms with Crippen LogP contribution in [0.25, 0.3) is 0 Å². The number of nitrogens with one attached hydrogen (secondary N) is 1. The van der Waals surface area contributed by atoms with E-state index >= 15 is 0 Å². The van der Waals surface area contributed by atoms with Crippen molar-refractivity contribution in [3.05, 3.63) is 0 Å². The van der Waals surface area contributed by atoms with Crippen LogP contribution in [0.2, 0.25) is 0 Å². The van der Waals surface area contributed by atoms with Crippen LogP contribution in [0.5, 0.6) is 0 Å². The lowest BCUT2D eigenvalue weighted by Crippen LogP contribution is -2.45. The highest BCUT2D eigenvalue weighted by Crippen LogP contribution is 2.46. The van der Waals surface area contributed by atoms with Gasteiger partial charge < -0.3 is 16.3 Å². The van der Waals surface area contributed by atoms with Gasteiger partial charge in [-0.2, -0.15) is 0 Å². The molecule has 2 aliphatic carbocycles. The number of carbonyl (C=O) groups excluding carboxylic acids is 1. The summed E-state index contributed by atoms with van der Waals surface area (Å²) in [6, 6.07) is 0.272. The van der Waals surface area contributed by atoms with E-state index in [4.69, 9.17) is 10.9 Å². The van der Waals surface area contributed by atoms with E-state index in [1.165, 1.54) is 25.7 Å². The summed E-state index contributed by atoms with van der Waals surface area (Å²) in [6.45, 7) is 0. The van der Waals surface area contributed by atoms with Gasteiger partial charge in [0.1, 0.15) is 5.41 Å². The second-order valence-electron chi connectivity index (χ2n) is 5.23. The molecule has 0 aromatic heterocycles. The highest BCUT2D eigenvalue weighted by Gasteiger charge is 2.54. The molecule has 0 spiro atoms. The standard InChI is InChI=1S/C12H21N3O2/c13-10(15-17)12(7-8-12)11(16)14-9-5-3-1-2-4-6-9/h9,17H,1-8H2,(H2,13,15)(H,14,16). The molecule has 17 heavy (non-hydrogen) atoms. The fraction of sp³-hybridized carbons (Fsp3) is 0.833. The van der Waals surface area contributed by atoms with Crippen molar-refractivity contribution in [1.29, 1.82) is 0 Å². The molecule has 0 radical (unpaired) electrons. The van der Waals surface area contributed by atoms with Gasteiger partial charge >= 0.3 is 0 Å². The molecule has 1 amide bonds. The summed E-state index contributed by atoms with van der Waals surface area (Å²) in [6.07, 6.45) is 8.39. The highest BCUT2D eigenvalue weighted by atomic mass is 16.4. The molecule has 0 unspecified atom stereocenters. The van der Waals surface area contributed by atoms with E-state index < -0.39 is 5.41 Å². The first-order chi connectivity index (χ1) is 8.19. The third-order valence-corrected chi connectivity index (χ3v) is 3.97. The molecule has 0 heterocycles. The van der Waals surface area contributed by atoms with E-state index in [0.717, 1.165) is 12.8 Å². The molecule has 0 saturated heterocycles. The number of nitrogens with zero attached hydrogens (tertiary/aromatic N) is 1. The summed E-state index contributed by atoms with van der Waals surface area (Å²) in [5, 5.41) is 14.7. The molecule has 0 aromatic rings. The Morgan fingerprint density at radius 3 is 2.29 bits per heavy atom. The molecule has 2 rings (SSSR count). The summed E-state index contributed by atoms with van der Waals surface area (Å²) in [7, 11) is 0. The lowest BCUT2D eigenvalue weighted by molar-refractivity contribution is -0.124. The van der Waals surface area contributed by atoms with Gasteiger partial charge in [0, 0.05) is 6.04 Å². The summed E-state index contributed by atoms with van der Waals surface area (Å²) in [5.74, 6) is 0.00308. The van der Waals surface area contributed by atoms with Gasteiger partial charge in [-0.05, 0) is 25.7 Å². The predicted molar refractivity (Wildman–Crippen MR) is 64.7 cm³/mol. The van der Waals surface area contributed by atoms with Gasteiger partial charge in [0.15, 0.2) is 5.84 Å². The largest absolute Gasteiger partial charge is 0.409 e. The number of hydrogen-bond donors (Lipinski definition) is 3. The smallest absolute Gasteiger partial charge is 0.234 e. The van der Waals surface area contributed by atoms with Gasteiger partial charge in [0.05, 0.1) is 0 Å². The van der Waals surface area contributed by atoms with Crippen molar-refractivity contribution in [3.63, 3.8) is 0 Å². The van der Waals surface area contributed by atoms with Gasteiger partial charge in [-0.1, -0.05) is 30.8 Å². The van der Waals surface area contributed by atoms with Crippen molar-refractivity contribution >= 4 is 11.7 Å². The Bertz CT molecular complexity index is 316. The predicted octanol–water partition coefficient (Wildman–Crippen LogP) is 1.35. The molecule has 2 fully saturated rings. The summed E-state index contributed by atoms with van der Waals surface area (Å²) in [5.41, 5.74) is 4.88. The second kappa shape index (κ2) is 4.94. The lowest BCUT2D eigenvalue weighted by Gasteiger charge is -2.20. The Hall–Kier alpha value is -1.26. The van der Waals surface area contributed by atoms with Crippen LogP contribution in [0.15, 0.2) is 5.16 Å². The van der Waals surface area contributed by atoms with Crippen LogP contribution in [0.3, 0.4) is 0 Å². The van der Waals surface area contributed by atoms with Crippen molar-refractivity contribution in [1.82, 2.24) is 5.32 Å². The van der Waals surface area contributed by atoms with Crippen molar-refractivity contribution < 1.29 is 10.0 Å². The minimum atomic E-state index is -0.707. The Morgan fingerprint density at radius 2 is 1.82 bits per heavy atom. The van der Waals surface area contributed by atoms with Gasteiger partial charge in [-0.25, -0.2) is 0 Å². The SMILES string of the molecule is NC(=NO)C1(C(=O)NC2CCCCCC2)CC1. The number of oxime groups is 1. The van der Waals surface area contributed by atoms with E-state index in [2.05, 4.69) is 10.5 Å². The van der Waals surface area contributed by atoms with Gasteiger partial charge in [0.25, 0.3) is 0 Å². The average Bonchev–Trinajstić information content (AvgIpc) is 3.13. The zero-order valence-corrected chi connectivity index (χ0v) is 10.1. The molecule has 0 atom stereocenters. The molecule has 5 nitrogen and oxygen atoms in total. The molecule has 0 aromatic carbocycles. The van der Waals surface area contributed by atoms with Crippen LogP contribution >= 0.6 is 0 Å². The summed E-state index contributed by atoms with van der Waals surface area (Å²) < 4.78 is 0. The Labute approximate surface area is 101 Å². The number of amides is 1. The maximum atomic E-state index is 12.1. The first-order valence-corrected chi connectivity index (χ1v) is 6.48. The monoisotopic (exact) mass is 239 g/mol. The number of carbonyl (C=O) groups is 1. The first kappa shape index (κ1) is 12.2. The first-order valence-electron chi connectivity index (χ1n) is 6.48. The van der Waals surface area contributed by atoms with Crippen LogP contribution in [-0.4, -0.2) is 23.0 Å². The van der Waals surface area contributed by atoms with Crippen molar-refractivity contribution in [2.24, 2.45) is 16.3 Å². The lowest BCUT2D eigenvalue weighted by atomic mass is 10.0. The highest BCUT2D eigenvalue weighted by molar-refractivity contribution is 6.09. The third-order valence-electron chi connectivity index (χ3n) is 3.97. The summed E-state index contributed by atoms with van der Waals surface area (Å²) >= 11 is 0. The molecule has 0 aliphatic heterocycles. The molecule has 4 N–H and O–H groups in total. The van der Waals surface area contributed by atoms with Crippen molar-refractivity contribution in [2.75, 3.05) is 0 Å². The van der Waals surface area contributed by atoms with Gasteiger partial charge in [0.2, 0.25) is 5.91 Å². The molecule has 2 aliphatic rings. The fourth-order valence-corrected chi connectivity index (χ4v) is 2.57. The normalized spacial score (nSPS) is 25.1. The summed E-state index contributed by atoms with van der Waals surface area (Å²) in [4.78, 5) is 12.1. The third kappa shape index (κ3) is 2.53. The zero-order valence-electron chi connectivity index (χ0n) is 10.1. The minimum absolute atomic E-state index is 0.0558. The number of hydrogen-bond acceptors (Lipinski definition) is 3. The molecule has 2 saturated carbocycles. The second-order valence-corrected chi connectivity index (χ2v) is 5.23. The maximum Gasteiger partial charge on any atom is 0.234 e.